The van der Waals surface area contributed by atoms with Crippen molar-refractivity contribution in [3.63, 3.8) is 0 Å². The molecule has 1 saturated carbocycles. The fourth-order valence-electron chi connectivity index (χ4n) is 4.90. The molecule has 0 saturated heterocycles. The maximum Gasteiger partial charge on any atom is 0.337 e. The Balaban J connectivity index is 2.13. The molecule has 166 valence electrons. The van der Waals surface area contributed by atoms with Crippen molar-refractivity contribution in [2.75, 3.05) is 7.11 Å². The molecule has 1 aromatic rings. The van der Waals surface area contributed by atoms with Crippen molar-refractivity contribution in [3.8, 4) is 0 Å². The number of ketones is 3. The lowest BCUT2D eigenvalue weighted by Gasteiger charge is -2.39. The van der Waals surface area contributed by atoms with Crippen molar-refractivity contribution in [2.24, 2.45) is 16.7 Å². The molecule has 1 aromatic carbocycles. The third kappa shape index (κ3) is 4.63. The summed E-state index contributed by atoms with van der Waals surface area (Å²) >= 11 is 0. The molecule has 2 aliphatic carbocycles. The van der Waals surface area contributed by atoms with E-state index >= 15 is 0 Å². The molecule has 1 fully saturated rings. The first-order valence-corrected chi connectivity index (χ1v) is 10.5. The maximum absolute atomic E-state index is 13.1. The third-order valence-electron chi connectivity index (χ3n) is 6.23. The van der Waals surface area contributed by atoms with Gasteiger partial charge in [0.05, 0.1) is 18.6 Å². The zero-order valence-corrected chi connectivity index (χ0v) is 18.8. The number of ether oxygens (including phenoxy) is 1. The van der Waals surface area contributed by atoms with Gasteiger partial charge in [-0.25, -0.2) is 4.79 Å². The van der Waals surface area contributed by atoms with Crippen molar-refractivity contribution in [1.82, 2.24) is 0 Å². The number of rotatable bonds is 4. The molecular formula is C25H30O6. The van der Waals surface area contributed by atoms with Gasteiger partial charge in [0, 0.05) is 37.2 Å². The lowest BCUT2D eigenvalue weighted by Crippen LogP contribution is -2.43. The quantitative estimate of drug-likeness (QED) is 0.568. The van der Waals surface area contributed by atoms with Crippen LogP contribution in [0.5, 0.6) is 0 Å². The van der Waals surface area contributed by atoms with E-state index < -0.39 is 28.6 Å². The number of carbonyl (C=O) groups is 4. The first-order valence-electron chi connectivity index (χ1n) is 10.5. The fourth-order valence-corrected chi connectivity index (χ4v) is 4.90. The van der Waals surface area contributed by atoms with Gasteiger partial charge in [-0.3, -0.25) is 14.4 Å². The maximum atomic E-state index is 13.1. The molecule has 0 spiro atoms. The van der Waals surface area contributed by atoms with Crippen LogP contribution in [-0.4, -0.2) is 35.5 Å². The number of benzene rings is 1. The summed E-state index contributed by atoms with van der Waals surface area (Å²) in [6.45, 7) is 7.56. The summed E-state index contributed by atoms with van der Waals surface area (Å²) in [4.78, 5) is 51.2. The van der Waals surface area contributed by atoms with E-state index in [2.05, 4.69) is 0 Å². The standard InChI is InChI=1S/C25H30O6/c1-24(2)10-16(26)21(17(27)11-24)20(14-6-8-15(9-7-14)23(30)31-5)22-18(28)12-25(3,4)13-19(22)29/h6-9,20-21,28H,10-13H2,1-5H3/t20-/m1/s1. The van der Waals surface area contributed by atoms with Crippen LogP contribution in [-0.2, 0) is 19.1 Å². The predicted molar refractivity (Wildman–Crippen MR) is 115 cm³/mol. The van der Waals surface area contributed by atoms with Gasteiger partial charge in [-0.15, -0.1) is 0 Å². The van der Waals surface area contributed by atoms with Crippen molar-refractivity contribution in [2.45, 2.75) is 59.3 Å². The minimum atomic E-state index is -1.03. The Bertz CT molecular complexity index is 944. The van der Waals surface area contributed by atoms with Gasteiger partial charge in [-0.2, -0.15) is 0 Å². The molecule has 31 heavy (non-hydrogen) atoms. The number of carbonyl (C=O) groups excluding carboxylic acids is 4. The van der Waals surface area contributed by atoms with Crippen molar-refractivity contribution < 1.29 is 29.0 Å². The van der Waals surface area contributed by atoms with Crippen LogP contribution >= 0.6 is 0 Å². The molecule has 6 nitrogen and oxygen atoms in total. The third-order valence-corrected chi connectivity index (χ3v) is 6.23. The van der Waals surface area contributed by atoms with Gasteiger partial charge in [-0.1, -0.05) is 39.8 Å². The number of esters is 1. The highest BCUT2D eigenvalue weighted by molar-refractivity contribution is 6.09. The Labute approximate surface area is 182 Å². The van der Waals surface area contributed by atoms with Gasteiger partial charge >= 0.3 is 5.97 Å². The zero-order chi connectivity index (χ0) is 23.1. The van der Waals surface area contributed by atoms with Crippen molar-refractivity contribution in [1.29, 1.82) is 0 Å². The van der Waals surface area contributed by atoms with E-state index in [1.54, 1.807) is 24.3 Å². The lowest BCUT2D eigenvalue weighted by atomic mass is 9.62. The van der Waals surface area contributed by atoms with Crippen molar-refractivity contribution in [3.05, 3.63) is 46.7 Å². The van der Waals surface area contributed by atoms with E-state index in [0.717, 1.165) is 0 Å². The molecule has 1 N–H and O–H groups in total. The second-order valence-electron chi connectivity index (χ2n) is 10.3. The van der Waals surface area contributed by atoms with Crippen LogP contribution in [0.25, 0.3) is 0 Å². The summed E-state index contributed by atoms with van der Waals surface area (Å²) in [6, 6.07) is 6.35. The van der Waals surface area contributed by atoms with Gasteiger partial charge in [0.15, 0.2) is 5.78 Å². The highest BCUT2D eigenvalue weighted by atomic mass is 16.5. The second kappa shape index (κ2) is 8.06. The van der Waals surface area contributed by atoms with Gasteiger partial charge < -0.3 is 9.84 Å². The number of allylic oxidation sites excluding steroid dienone is 2. The van der Waals surface area contributed by atoms with E-state index in [0.29, 0.717) is 17.5 Å². The number of hydrogen-bond acceptors (Lipinski definition) is 6. The van der Waals surface area contributed by atoms with Crippen LogP contribution in [0.1, 0.15) is 75.2 Å². The van der Waals surface area contributed by atoms with E-state index in [-0.39, 0.29) is 47.9 Å². The van der Waals surface area contributed by atoms with Gasteiger partial charge in [0.2, 0.25) is 0 Å². The van der Waals surface area contributed by atoms with Crippen LogP contribution in [0.15, 0.2) is 35.6 Å². The van der Waals surface area contributed by atoms with E-state index in [9.17, 15) is 24.3 Å². The van der Waals surface area contributed by atoms with Gasteiger partial charge in [0.25, 0.3) is 0 Å². The largest absolute Gasteiger partial charge is 0.512 e. The Morgan fingerprint density at radius 3 is 1.94 bits per heavy atom. The summed E-state index contributed by atoms with van der Waals surface area (Å²) in [7, 11) is 1.28. The molecule has 0 aromatic heterocycles. The van der Waals surface area contributed by atoms with Crippen LogP contribution in [0, 0.1) is 16.7 Å². The zero-order valence-electron chi connectivity index (χ0n) is 18.8. The molecule has 0 aliphatic heterocycles. The molecule has 3 rings (SSSR count). The highest BCUT2D eigenvalue weighted by Gasteiger charge is 2.48. The number of aliphatic hydroxyl groups is 1. The number of aliphatic hydroxyl groups excluding tert-OH is 1. The van der Waals surface area contributed by atoms with Gasteiger partial charge in [0.1, 0.15) is 17.3 Å². The summed E-state index contributed by atoms with van der Waals surface area (Å²) in [5.74, 6) is -3.16. The summed E-state index contributed by atoms with van der Waals surface area (Å²) in [5.41, 5.74) is 0.192. The molecule has 0 bridgehead atoms. The van der Waals surface area contributed by atoms with Crippen LogP contribution in [0.3, 0.4) is 0 Å². The number of Topliss-reactive ketones (excluding diaryl/α,β-unsaturated/α-hetero) is 3. The van der Waals surface area contributed by atoms with Crippen molar-refractivity contribution >= 4 is 23.3 Å². The van der Waals surface area contributed by atoms with Crippen LogP contribution in [0.4, 0.5) is 0 Å². The molecule has 0 amide bonds. The van der Waals surface area contributed by atoms with E-state index in [4.69, 9.17) is 4.74 Å². The fraction of sp³-hybridized carbons (Fsp3) is 0.520. The molecule has 0 unspecified atom stereocenters. The topological polar surface area (TPSA) is 97.7 Å². The summed E-state index contributed by atoms with van der Waals surface area (Å²) in [6.07, 6.45) is 0.983. The number of methoxy groups -OCH3 is 1. The van der Waals surface area contributed by atoms with Crippen LogP contribution < -0.4 is 0 Å². The molecule has 0 radical (unpaired) electrons. The first-order chi connectivity index (χ1) is 14.3. The van der Waals surface area contributed by atoms with Gasteiger partial charge in [-0.05, 0) is 28.5 Å². The smallest absolute Gasteiger partial charge is 0.337 e. The Morgan fingerprint density at radius 2 is 1.45 bits per heavy atom. The van der Waals surface area contributed by atoms with E-state index in [1.165, 1.54) is 7.11 Å². The molecule has 6 heteroatoms. The summed E-state index contributed by atoms with van der Waals surface area (Å²) in [5, 5.41) is 10.9. The Morgan fingerprint density at radius 1 is 0.935 bits per heavy atom. The molecule has 0 heterocycles. The predicted octanol–water partition coefficient (Wildman–Crippen LogP) is 4.33. The normalized spacial score (nSPS) is 22.4. The molecule has 1 atom stereocenters. The highest BCUT2D eigenvalue weighted by Crippen LogP contribution is 2.47. The Hall–Kier alpha value is -2.76. The monoisotopic (exact) mass is 426 g/mol. The van der Waals surface area contributed by atoms with E-state index in [1.807, 2.05) is 27.7 Å². The molecular weight excluding hydrogens is 396 g/mol. The summed E-state index contributed by atoms with van der Waals surface area (Å²) < 4.78 is 4.73. The average Bonchev–Trinajstić information content (AvgIpc) is 2.63. The lowest BCUT2D eigenvalue weighted by molar-refractivity contribution is -0.140. The Kier molecular flexibility index (Phi) is 5.96. The van der Waals surface area contributed by atoms with Crippen LogP contribution in [0.2, 0.25) is 0 Å². The minimum Gasteiger partial charge on any atom is -0.512 e. The first kappa shape index (κ1) is 22.9. The number of hydrogen-bond donors (Lipinski definition) is 1. The average molecular weight is 427 g/mol. The molecule has 2 aliphatic rings. The minimum absolute atomic E-state index is 0.0614. The second-order valence-corrected chi connectivity index (χ2v) is 10.3. The SMILES string of the molecule is COC(=O)c1ccc([C@@H](C2=C(O)CC(C)(C)CC2=O)C2C(=O)CC(C)(C)CC2=O)cc1.